The number of hydrogen-bond acceptors (Lipinski definition) is 4. The summed E-state index contributed by atoms with van der Waals surface area (Å²) in [5.74, 6) is -0.400. The third-order valence-corrected chi connectivity index (χ3v) is 3.20. The first-order valence-electron chi connectivity index (χ1n) is 6.35. The summed E-state index contributed by atoms with van der Waals surface area (Å²) in [4.78, 5) is 20.4. The quantitative estimate of drug-likeness (QED) is 0.693. The van der Waals surface area contributed by atoms with Crippen LogP contribution >= 0.6 is 11.6 Å². The van der Waals surface area contributed by atoms with E-state index in [0.717, 1.165) is 11.1 Å². The summed E-state index contributed by atoms with van der Waals surface area (Å²) in [6.07, 6.45) is 3.20. The highest BCUT2D eigenvalue weighted by Gasteiger charge is 2.09. The van der Waals surface area contributed by atoms with Crippen molar-refractivity contribution >= 4 is 28.6 Å². The van der Waals surface area contributed by atoms with Crippen LogP contribution in [0.1, 0.15) is 15.9 Å². The first-order chi connectivity index (χ1) is 10.2. The van der Waals surface area contributed by atoms with Gasteiger partial charge in [0.1, 0.15) is 6.61 Å². The maximum absolute atomic E-state index is 12.0. The summed E-state index contributed by atoms with van der Waals surface area (Å²) < 4.78 is 5.27. The van der Waals surface area contributed by atoms with E-state index in [1.54, 1.807) is 42.7 Å². The van der Waals surface area contributed by atoms with Crippen LogP contribution < -0.4 is 0 Å². The number of aromatic nitrogens is 2. The molecule has 3 rings (SSSR count). The first-order valence-corrected chi connectivity index (χ1v) is 6.72. The zero-order valence-corrected chi connectivity index (χ0v) is 11.7. The molecule has 0 spiro atoms. The minimum atomic E-state index is -0.400. The number of rotatable bonds is 3. The predicted octanol–water partition coefficient (Wildman–Crippen LogP) is 3.64. The lowest BCUT2D eigenvalue weighted by molar-refractivity contribution is 0.0473. The molecule has 3 aromatic rings. The SMILES string of the molecule is O=C(OCc1cccc(Cl)c1)c1ccc2nccnc2c1. The molecule has 0 radical (unpaired) electrons. The van der Waals surface area contributed by atoms with Crippen LogP contribution in [0.15, 0.2) is 54.9 Å². The smallest absolute Gasteiger partial charge is 0.338 e. The van der Waals surface area contributed by atoms with Gasteiger partial charge >= 0.3 is 5.97 Å². The molecule has 1 heterocycles. The monoisotopic (exact) mass is 298 g/mol. The van der Waals surface area contributed by atoms with Crippen LogP contribution in [0.2, 0.25) is 5.02 Å². The Bertz CT molecular complexity index is 805. The zero-order chi connectivity index (χ0) is 14.7. The van der Waals surface area contributed by atoms with Crippen molar-refractivity contribution in [2.45, 2.75) is 6.61 Å². The largest absolute Gasteiger partial charge is 0.457 e. The summed E-state index contributed by atoms with van der Waals surface area (Å²) in [5.41, 5.74) is 2.69. The van der Waals surface area contributed by atoms with Gasteiger partial charge < -0.3 is 4.74 Å². The Labute approximate surface area is 126 Å². The number of fused-ring (bicyclic) bond motifs is 1. The van der Waals surface area contributed by atoms with Crippen molar-refractivity contribution in [3.63, 3.8) is 0 Å². The van der Waals surface area contributed by atoms with Gasteiger partial charge in [-0.25, -0.2) is 4.79 Å². The van der Waals surface area contributed by atoms with Gasteiger partial charge in [-0.05, 0) is 35.9 Å². The molecule has 2 aromatic carbocycles. The fourth-order valence-corrected chi connectivity index (χ4v) is 2.16. The van der Waals surface area contributed by atoms with Crippen molar-refractivity contribution in [2.75, 3.05) is 0 Å². The van der Waals surface area contributed by atoms with E-state index in [1.807, 2.05) is 12.1 Å². The average Bonchev–Trinajstić information content (AvgIpc) is 2.52. The van der Waals surface area contributed by atoms with Gasteiger partial charge in [0.2, 0.25) is 0 Å². The number of carbonyl (C=O) groups excluding carboxylic acids is 1. The van der Waals surface area contributed by atoms with Crippen molar-refractivity contribution in [3.05, 3.63) is 71.0 Å². The third kappa shape index (κ3) is 3.17. The van der Waals surface area contributed by atoms with E-state index in [-0.39, 0.29) is 6.61 Å². The van der Waals surface area contributed by atoms with Crippen molar-refractivity contribution in [3.8, 4) is 0 Å². The molecule has 0 aliphatic rings. The molecule has 5 heteroatoms. The Morgan fingerprint density at radius 1 is 1.05 bits per heavy atom. The Balaban J connectivity index is 1.74. The van der Waals surface area contributed by atoms with Gasteiger partial charge in [-0.2, -0.15) is 0 Å². The maximum atomic E-state index is 12.0. The van der Waals surface area contributed by atoms with E-state index in [9.17, 15) is 4.79 Å². The molecule has 0 fully saturated rings. The van der Waals surface area contributed by atoms with E-state index in [0.29, 0.717) is 16.1 Å². The van der Waals surface area contributed by atoms with E-state index >= 15 is 0 Å². The summed E-state index contributed by atoms with van der Waals surface area (Å²) in [6.45, 7) is 0.178. The van der Waals surface area contributed by atoms with Gasteiger partial charge in [-0.15, -0.1) is 0 Å². The Morgan fingerprint density at radius 2 is 1.86 bits per heavy atom. The lowest BCUT2D eigenvalue weighted by Gasteiger charge is -2.06. The number of carbonyl (C=O) groups is 1. The minimum absolute atomic E-state index is 0.178. The van der Waals surface area contributed by atoms with Crippen LogP contribution in [-0.2, 0) is 11.3 Å². The minimum Gasteiger partial charge on any atom is -0.457 e. The number of ether oxygens (including phenoxy) is 1. The van der Waals surface area contributed by atoms with E-state index in [1.165, 1.54) is 0 Å². The zero-order valence-electron chi connectivity index (χ0n) is 11.0. The van der Waals surface area contributed by atoms with Gasteiger partial charge in [0.25, 0.3) is 0 Å². The van der Waals surface area contributed by atoms with E-state index in [4.69, 9.17) is 16.3 Å². The van der Waals surface area contributed by atoms with E-state index < -0.39 is 5.97 Å². The molecular weight excluding hydrogens is 288 g/mol. The first kappa shape index (κ1) is 13.5. The maximum Gasteiger partial charge on any atom is 0.338 e. The second-order valence-corrected chi connectivity index (χ2v) is 4.90. The van der Waals surface area contributed by atoms with Crippen LogP contribution in [0.4, 0.5) is 0 Å². The third-order valence-electron chi connectivity index (χ3n) is 2.96. The fraction of sp³-hybridized carbons (Fsp3) is 0.0625. The highest BCUT2D eigenvalue weighted by molar-refractivity contribution is 6.30. The topological polar surface area (TPSA) is 52.1 Å². The Kier molecular flexibility index (Phi) is 3.79. The molecule has 0 aliphatic heterocycles. The highest BCUT2D eigenvalue weighted by atomic mass is 35.5. The second kappa shape index (κ2) is 5.89. The highest BCUT2D eigenvalue weighted by Crippen LogP contribution is 2.14. The number of nitrogens with zero attached hydrogens (tertiary/aromatic N) is 2. The molecule has 0 saturated heterocycles. The molecule has 21 heavy (non-hydrogen) atoms. The van der Waals surface area contributed by atoms with Crippen molar-refractivity contribution in [2.24, 2.45) is 0 Å². The Hall–Kier alpha value is -2.46. The molecule has 0 N–H and O–H groups in total. The van der Waals surface area contributed by atoms with Crippen molar-refractivity contribution in [1.82, 2.24) is 9.97 Å². The van der Waals surface area contributed by atoms with Gasteiger partial charge in [0.05, 0.1) is 16.6 Å². The standard InChI is InChI=1S/C16H11ClN2O2/c17-13-3-1-2-11(8-13)10-21-16(20)12-4-5-14-15(9-12)19-7-6-18-14/h1-9H,10H2. The van der Waals surface area contributed by atoms with Crippen LogP contribution in [0.25, 0.3) is 11.0 Å². The molecular formula is C16H11ClN2O2. The number of halogens is 1. The molecule has 0 aliphatic carbocycles. The number of esters is 1. The van der Waals surface area contributed by atoms with Gasteiger partial charge in [-0.3, -0.25) is 9.97 Å². The molecule has 0 saturated carbocycles. The van der Waals surface area contributed by atoms with Crippen LogP contribution in [-0.4, -0.2) is 15.9 Å². The van der Waals surface area contributed by atoms with Crippen LogP contribution in [0, 0.1) is 0 Å². The number of hydrogen-bond donors (Lipinski definition) is 0. The summed E-state index contributed by atoms with van der Waals surface area (Å²) >= 11 is 5.89. The summed E-state index contributed by atoms with van der Waals surface area (Å²) in [7, 11) is 0. The van der Waals surface area contributed by atoms with Gasteiger partial charge in [-0.1, -0.05) is 23.7 Å². The van der Waals surface area contributed by atoms with Gasteiger partial charge in [0.15, 0.2) is 0 Å². The fourth-order valence-electron chi connectivity index (χ4n) is 1.95. The molecule has 0 amide bonds. The van der Waals surface area contributed by atoms with Crippen molar-refractivity contribution in [1.29, 1.82) is 0 Å². The van der Waals surface area contributed by atoms with Gasteiger partial charge in [0, 0.05) is 17.4 Å². The van der Waals surface area contributed by atoms with Crippen molar-refractivity contribution < 1.29 is 9.53 Å². The molecule has 0 unspecified atom stereocenters. The lowest BCUT2D eigenvalue weighted by atomic mass is 10.2. The lowest BCUT2D eigenvalue weighted by Crippen LogP contribution is -2.05. The molecule has 1 aromatic heterocycles. The van der Waals surface area contributed by atoms with Crippen LogP contribution in [0.3, 0.4) is 0 Å². The Morgan fingerprint density at radius 3 is 2.67 bits per heavy atom. The average molecular weight is 299 g/mol. The molecule has 0 atom stereocenters. The van der Waals surface area contributed by atoms with Crippen LogP contribution in [0.5, 0.6) is 0 Å². The molecule has 0 bridgehead atoms. The predicted molar refractivity (Wildman–Crippen MR) is 80.1 cm³/mol. The molecule has 4 nitrogen and oxygen atoms in total. The number of benzene rings is 2. The normalized spacial score (nSPS) is 10.5. The summed E-state index contributed by atoms with van der Waals surface area (Å²) in [6, 6.07) is 12.3. The van der Waals surface area contributed by atoms with E-state index in [2.05, 4.69) is 9.97 Å². The molecule has 104 valence electrons. The second-order valence-electron chi connectivity index (χ2n) is 4.47. The summed E-state index contributed by atoms with van der Waals surface area (Å²) in [5, 5.41) is 0.615.